The van der Waals surface area contributed by atoms with E-state index in [1.165, 1.54) is 164 Å². The summed E-state index contributed by atoms with van der Waals surface area (Å²) < 4.78 is 2.69. The first-order valence-corrected chi connectivity index (χ1v) is 32.4. The molecular weight excluding hydrogens is 1010 g/mol. The molecule has 4 aliphatic carbocycles. The highest BCUT2D eigenvalue weighted by molar-refractivity contribution is 7.25. The highest BCUT2D eigenvalue weighted by Gasteiger charge is 2.59. The molecule has 7 aromatic carbocycles. The summed E-state index contributed by atoms with van der Waals surface area (Å²) in [6, 6.07) is 45.8. The maximum atomic E-state index is 2.89. The number of hydrogen-bond donors (Lipinski definition) is 0. The molecular formula is C77H88BN3S. The fourth-order valence-electron chi connectivity index (χ4n) is 19.0. The third kappa shape index (κ3) is 7.01. The molecule has 2 atom stereocenters. The van der Waals surface area contributed by atoms with Crippen LogP contribution in [0, 0.1) is 6.92 Å². The maximum absolute atomic E-state index is 2.89. The topological polar surface area (TPSA) is 9.72 Å². The van der Waals surface area contributed by atoms with Gasteiger partial charge in [-0.15, -0.1) is 11.3 Å². The Morgan fingerprint density at radius 3 is 1.59 bits per heavy atom. The van der Waals surface area contributed by atoms with Crippen molar-refractivity contribution in [2.45, 2.75) is 225 Å². The molecule has 1 fully saturated rings. The van der Waals surface area contributed by atoms with Crippen molar-refractivity contribution in [3.8, 4) is 0 Å². The van der Waals surface area contributed by atoms with Crippen molar-refractivity contribution in [3.05, 3.63) is 159 Å². The molecule has 3 nitrogen and oxygen atoms in total. The Hall–Kier alpha value is -5.78. The van der Waals surface area contributed by atoms with Crippen LogP contribution in [-0.2, 0) is 43.3 Å². The first kappa shape index (κ1) is 53.0. The number of thiophene rings is 1. The second-order valence-corrected chi connectivity index (χ2v) is 33.7. The van der Waals surface area contributed by atoms with Crippen molar-refractivity contribution in [2.24, 2.45) is 0 Å². The van der Waals surface area contributed by atoms with Crippen molar-refractivity contribution >= 4 is 100 Å². The van der Waals surface area contributed by atoms with Crippen LogP contribution < -0.4 is 31.1 Å². The zero-order valence-electron chi connectivity index (χ0n) is 52.9. The second kappa shape index (κ2) is 16.3. The molecule has 5 heteroatoms. The van der Waals surface area contributed by atoms with Crippen LogP contribution in [0.25, 0.3) is 20.2 Å². The third-order valence-electron chi connectivity index (χ3n) is 23.3. The number of hydrogen-bond acceptors (Lipinski definition) is 4. The summed E-state index contributed by atoms with van der Waals surface area (Å²) in [5, 5.41) is 2.68. The van der Waals surface area contributed by atoms with E-state index in [0.29, 0.717) is 0 Å². The summed E-state index contributed by atoms with van der Waals surface area (Å²) in [4.78, 5) is 8.51. The van der Waals surface area contributed by atoms with Gasteiger partial charge in [0.25, 0.3) is 6.71 Å². The molecule has 0 bridgehead atoms. The Morgan fingerprint density at radius 1 is 0.427 bits per heavy atom. The lowest BCUT2D eigenvalue weighted by Gasteiger charge is -2.51. The highest BCUT2D eigenvalue weighted by atomic mass is 32.1. The minimum absolute atomic E-state index is 0.000872. The van der Waals surface area contributed by atoms with Gasteiger partial charge in [0, 0.05) is 71.1 Å². The van der Waals surface area contributed by atoms with E-state index in [-0.39, 0.29) is 55.6 Å². The molecule has 0 amide bonds. The Bertz CT molecular complexity index is 4130. The molecule has 0 saturated heterocycles. The molecule has 4 heterocycles. The number of aryl methyl sites for hydroxylation is 1. The van der Waals surface area contributed by atoms with E-state index < -0.39 is 0 Å². The van der Waals surface area contributed by atoms with E-state index in [1.807, 2.05) is 11.3 Å². The van der Waals surface area contributed by atoms with Crippen LogP contribution >= 0.6 is 11.3 Å². The van der Waals surface area contributed by atoms with Crippen molar-refractivity contribution in [3.63, 3.8) is 0 Å². The zero-order valence-corrected chi connectivity index (χ0v) is 53.7. The Kier molecular flexibility index (Phi) is 10.6. The molecule has 1 saturated carbocycles. The standard InChI is InChI=1S/C77H88BN3S/c1-45-33-51-55(74(13,14)43-72(51,9)10)40-61(45)80-63-41-54-52(70(5,6)31-32-71(54,7)8)38-59(63)78-58-39-53-56(75(15,16)44-73(53,11)12)42-62(58)79(47-26-28-67-50(35-47)49-23-19-20-24-66(49)82-67)64-36-48(37-65(80)68(64)78)81-60-27-25-46(69(2,3)4)34-57(60)76(17)29-21-22-30-77(76,81)18/h19-20,23-28,33-42H,21-22,29-32,43-44H2,1-18H3. The smallest absolute Gasteiger partial charge is 0.252 e. The largest absolute Gasteiger partial charge is 0.334 e. The number of anilines is 8. The van der Waals surface area contributed by atoms with Gasteiger partial charge in [-0.1, -0.05) is 172 Å². The van der Waals surface area contributed by atoms with Crippen LogP contribution in [0.2, 0.25) is 0 Å². The predicted molar refractivity (Wildman–Crippen MR) is 356 cm³/mol. The zero-order chi connectivity index (χ0) is 57.8. The van der Waals surface area contributed by atoms with Gasteiger partial charge in [0.05, 0.1) is 5.54 Å². The van der Waals surface area contributed by atoms with Crippen LogP contribution in [0.3, 0.4) is 0 Å². The quantitative estimate of drug-likeness (QED) is 0.163. The van der Waals surface area contributed by atoms with E-state index in [9.17, 15) is 0 Å². The second-order valence-electron chi connectivity index (χ2n) is 32.7. The normalized spacial score (nSPS) is 24.2. The first-order chi connectivity index (χ1) is 38.4. The van der Waals surface area contributed by atoms with Crippen LogP contribution in [-0.4, -0.2) is 12.3 Å². The fraction of sp³-hybridized carbons (Fsp3) is 0.455. The number of benzene rings is 7. The SMILES string of the molecule is Cc1cc2c(cc1N1c3cc4c(cc3B3c5cc6c(cc5N(c5ccc7sc8ccccc8c7c5)c5cc(N7c8ccc(C(C)(C)C)cc8C8(C)CCCCC78C)cc1c53)C(C)(C)CC6(C)C)C(C)(C)CCC4(C)C)C(C)(C)CC2(C)C. The summed E-state index contributed by atoms with van der Waals surface area (Å²) in [6.45, 7) is 45.0. The van der Waals surface area contributed by atoms with Crippen molar-refractivity contribution in [2.75, 3.05) is 14.7 Å². The van der Waals surface area contributed by atoms with Gasteiger partial charge in [-0.25, -0.2) is 0 Å². The molecule has 82 heavy (non-hydrogen) atoms. The molecule has 3 aliphatic heterocycles. The van der Waals surface area contributed by atoms with Gasteiger partial charge >= 0.3 is 0 Å². The van der Waals surface area contributed by atoms with Gasteiger partial charge in [0.2, 0.25) is 0 Å². The highest BCUT2D eigenvalue weighted by Crippen LogP contribution is 2.63. The lowest BCUT2D eigenvalue weighted by Crippen LogP contribution is -2.62. The van der Waals surface area contributed by atoms with Gasteiger partial charge in [-0.05, 0) is 217 Å². The number of rotatable bonds is 3. The summed E-state index contributed by atoms with van der Waals surface area (Å²) >= 11 is 1.92. The van der Waals surface area contributed by atoms with Gasteiger partial charge in [0.1, 0.15) is 0 Å². The molecule has 2 unspecified atom stereocenters. The number of nitrogens with zero attached hydrogens (tertiary/aromatic N) is 3. The van der Waals surface area contributed by atoms with Gasteiger partial charge in [0.15, 0.2) is 0 Å². The monoisotopic (exact) mass is 1100 g/mol. The summed E-state index contributed by atoms with van der Waals surface area (Å²) in [5.74, 6) is 0. The van der Waals surface area contributed by atoms with E-state index >= 15 is 0 Å². The maximum Gasteiger partial charge on any atom is 0.252 e. The average molecular weight is 1100 g/mol. The lowest BCUT2D eigenvalue weighted by molar-refractivity contribution is 0.195. The molecule has 0 spiro atoms. The Labute approximate surface area is 496 Å². The van der Waals surface area contributed by atoms with E-state index in [2.05, 4.69) is 249 Å². The average Bonchev–Trinajstić information content (AvgIpc) is 1.28. The molecule has 0 radical (unpaired) electrons. The van der Waals surface area contributed by atoms with E-state index in [1.54, 1.807) is 0 Å². The molecule has 0 N–H and O–H groups in total. The lowest BCUT2D eigenvalue weighted by atomic mass is 9.33. The predicted octanol–water partition coefficient (Wildman–Crippen LogP) is 19.8. The van der Waals surface area contributed by atoms with Crippen molar-refractivity contribution in [1.29, 1.82) is 0 Å². The minimum Gasteiger partial charge on any atom is -0.334 e. The first-order valence-electron chi connectivity index (χ1n) is 31.5. The van der Waals surface area contributed by atoms with Crippen LogP contribution in [0.5, 0.6) is 0 Å². The Balaban J connectivity index is 1.12. The van der Waals surface area contributed by atoms with Gasteiger partial charge in [-0.2, -0.15) is 0 Å². The summed E-state index contributed by atoms with van der Waals surface area (Å²) in [5.41, 5.74) is 28.3. The molecule has 15 rings (SSSR count). The van der Waals surface area contributed by atoms with Gasteiger partial charge in [-0.3, -0.25) is 0 Å². The summed E-state index contributed by atoms with van der Waals surface area (Å²) in [7, 11) is 0. The van der Waals surface area contributed by atoms with Crippen molar-refractivity contribution in [1.82, 2.24) is 0 Å². The molecule has 420 valence electrons. The number of fused-ring (bicyclic) bond motifs is 13. The van der Waals surface area contributed by atoms with E-state index in [4.69, 9.17) is 0 Å². The summed E-state index contributed by atoms with van der Waals surface area (Å²) in [6.07, 6.45) is 9.40. The van der Waals surface area contributed by atoms with Crippen LogP contribution in [0.15, 0.2) is 109 Å². The minimum atomic E-state index is -0.155. The van der Waals surface area contributed by atoms with Crippen molar-refractivity contribution < 1.29 is 0 Å². The molecule has 1 aromatic heterocycles. The third-order valence-corrected chi connectivity index (χ3v) is 24.4. The van der Waals surface area contributed by atoms with E-state index in [0.717, 1.165) is 19.3 Å². The fourth-order valence-corrected chi connectivity index (χ4v) is 20.1. The van der Waals surface area contributed by atoms with Crippen LogP contribution in [0.1, 0.15) is 219 Å². The van der Waals surface area contributed by atoms with Crippen LogP contribution in [0.4, 0.5) is 45.5 Å². The van der Waals surface area contributed by atoms with Gasteiger partial charge < -0.3 is 14.7 Å². The molecule has 7 aliphatic rings. The Morgan fingerprint density at radius 2 is 0.951 bits per heavy atom. The molecule has 8 aromatic rings.